The Morgan fingerprint density at radius 3 is 2.65 bits per heavy atom. The molecule has 2 aromatic carbocycles. The number of hydrogen-bond acceptors (Lipinski definition) is 5. The van der Waals surface area contributed by atoms with E-state index < -0.39 is 5.91 Å². The number of nitrogens with one attached hydrogen (secondary N) is 1. The summed E-state index contributed by atoms with van der Waals surface area (Å²) in [5.74, 6) is -0.368. The molecule has 0 saturated heterocycles. The molecule has 0 unspecified atom stereocenters. The molecule has 0 radical (unpaired) electrons. The highest BCUT2D eigenvalue weighted by Crippen LogP contribution is 2.25. The number of nitrogens with two attached hydrogens (primary N) is 1. The van der Waals surface area contributed by atoms with Crippen molar-refractivity contribution in [2.45, 2.75) is 6.92 Å². The van der Waals surface area contributed by atoms with Gasteiger partial charge in [-0.05, 0) is 25.1 Å². The zero-order valence-corrected chi connectivity index (χ0v) is 14.9. The van der Waals surface area contributed by atoms with Crippen LogP contribution in [0.4, 0.5) is 0 Å². The number of nitrogens with zero attached hydrogens (tertiary/aromatic N) is 1. The van der Waals surface area contributed by atoms with E-state index in [1.54, 1.807) is 25.1 Å². The molecule has 6 nitrogen and oxygen atoms in total. The van der Waals surface area contributed by atoms with Gasteiger partial charge in [-0.1, -0.05) is 30.3 Å². The molecule has 0 saturated carbocycles. The molecule has 26 heavy (non-hydrogen) atoms. The zero-order valence-electron chi connectivity index (χ0n) is 14.1. The molecule has 0 aliphatic heterocycles. The number of fused-ring (bicyclic) bond motifs is 1. The standard InChI is InChI=1S/C19H17N3O3S/c1-12(13-6-2-4-8-16(13)25-10-18(20)23)21-22-19(24)15-11-26-17-9-5-3-7-14(15)17/h2-9,11H,10H2,1H3,(H2,20,23)(H,22,24)/b21-12-. The molecule has 0 bridgehead atoms. The number of rotatable bonds is 6. The van der Waals surface area contributed by atoms with Crippen LogP contribution >= 0.6 is 11.3 Å². The lowest BCUT2D eigenvalue weighted by Gasteiger charge is -2.10. The minimum atomic E-state index is -0.563. The monoisotopic (exact) mass is 367 g/mol. The van der Waals surface area contributed by atoms with Gasteiger partial charge >= 0.3 is 0 Å². The molecule has 132 valence electrons. The third-order valence-electron chi connectivity index (χ3n) is 3.70. The van der Waals surface area contributed by atoms with E-state index in [1.807, 2.05) is 35.7 Å². The Kier molecular flexibility index (Phi) is 5.28. The molecule has 0 aliphatic carbocycles. The Balaban J connectivity index is 1.78. The first kappa shape index (κ1) is 17.6. The number of benzene rings is 2. The highest BCUT2D eigenvalue weighted by Gasteiger charge is 2.12. The van der Waals surface area contributed by atoms with Gasteiger partial charge in [0, 0.05) is 21.0 Å². The highest BCUT2D eigenvalue weighted by molar-refractivity contribution is 7.17. The van der Waals surface area contributed by atoms with Crippen LogP contribution in [0.3, 0.4) is 0 Å². The van der Waals surface area contributed by atoms with E-state index in [0.717, 1.165) is 10.1 Å². The average Bonchev–Trinajstić information content (AvgIpc) is 3.08. The molecule has 1 heterocycles. The summed E-state index contributed by atoms with van der Waals surface area (Å²) < 4.78 is 6.43. The molecule has 1 aromatic heterocycles. The third kappa shape index (κ3) is 3.89. The average molecular weight is 367 g/mol. The Morgan fingerprint density at radius 2 is 1.85 bits per heavy atom. The first-order valence-corrected chi connectivity index (χ1v) is 8.75. The number of carbonyl (C=O) groups is 2. The van der Waals surface area contributed by atoms with Gasteiger partial charge in [-0.25, -0.2) is 5.43 Å². The highest BCUT2D eigenvalue weighted by atomic mass is 32.1. The molecule has 2 amide bonds. The van der Waals surface area contributed by atoms with Crippen molar-refractivity contribution < 1.29 is 14.3 Å². The van der Waals surface area contributed by atoms with Crippen molar-refractivity contribution in [1.82, 2.24) is 5.43 Å². The van der Waals surface area contributed by atoms with Crippen molar-refractivity contribution in [2.24, 2.45) is 10.8 Å². The zero-order chi connectivity index (χ0) is 18.5. The maximum atomic E-state index is 12.5. The van der Waals surface area contributed by atoms with Crippen molar-refractivity contribution in [3.05, 3.63) is 65.0 Å². The van der Waals surface area contributed by atoms with Crippen LogP contribution in [0, 0.1) is 0 Å². The van der Waals surface area contributed by atoms with E-state index in [4.69, 9.17) is 10.5 Å². The van der Waals surface area contributed by atoms with Crippen molar-refractivity contribution in [3.63, 3.8) is 0 Å². The molecule has 0 atom stereocenters. The minimum absolute atomic E-state index is 0.225. The Hall–Kier alpha value is -3.19. The summed E-state index contributed by atoms with van der Waals surface area (Å²) in [7, 11) is 0. The van der Waals surface area contributed by atoms with Crippen LogP contribution in [0.5, 0.6) is 5.75 Å². The van der Waals surface area contributed by atoms with Crippen LogP contribution in [-0.2, 0) is 4.79 Å². The first-order chi connectivity index (χ1) is 12.6. The van der Waals surface area contributed by atoms with Crippen LogP contribution in [0.25, 0.3) is 10.1 Å². The lowest BCUT2D eigenvalue weighted by atomic mass is 10.1. The van der Waals surface area contributed by atoms with E-state index in [0.29, 0.717) is 22.6 Å². The fourth-order valence-corrected chi connectivity index (χ4v) is 3.39. The van der Waals surface area contributed by atoms with Gasteiger partial charge in [0.25, 0.3) is 11.8 Å². The number of carbonyl (C=O) groups excluding carboxylic acids is 2. The fraction of sp³-hybridized carbons (Fsp3) is 0.105. The maximum absolute atomic E-state index is 12.5. The number of thiophene rings is 1. The molecule has 0 fully saturated rings. The largest absolute Gasteiger partial charge is 0.483 e. The van der Waals surface area contributed by atoms with E-state index in [9.17, 15) is 9.59 Å². The number of hydrazone groups is 1. The molecule has 3 aromatic rings. The lowest BCUT2D eigenvalue weighted by molar-refractivity contribution is -0.119. The summed E-state index contributed by atoms with van der Waals surface area (Å²) in [6.07, 6.45) is 0. The van der Waals surface area contributed by atoms with Crippen LogP contribution in [0.1, 0.15) is 22.8 Å². The summed E-state index contributed by atoms with van der Waals surface area (Å²) in [5.41, 5.74) is 9.50. The first-order valence-electron chi connectivity index (χ1n) is 7.87. The minimum Gasteiger partial charge on any atom is -0.483 e. The van der Waals surface area contributed by atoms with Crippen molar-refractivity contribution in [1.29, 1.82) is 0 Å². The van der Waals surface area contributed by atoms with E-state index in [1.165, 1.54) is 11.3 Å². The lowest BCUT2D eigenvalue weighted by Crippen LogP contribution is -2.21. The van der Waals surface area contributed by atoms with Crippen LogP contribution in [0.2, 0.25) is 0 Å². The Labute approximate surface area is 154 Å². The predicted octanol–water partition coefficient (Wildman–Crippen LogP) is 2.92. The van der Waals surface area contributed by atoms with Crippen molar-refractivity contribution in [2.75, 3.05) is 6.61 Å². The summed E-state index contributed by atoms with van der Waals surface area (Å²) in [6.45, 7) is 1.52. The summed E-state index contributed by atoms with van der Waals surface area (Å²) in [5, 5.41) is 6.88. The number of para-hydroxylation sites is 1. The topological polar surface area (TPSA) is 93.8 Å². The van der Waals surface area contributed by atoms with Crippen molar-refractivity contribution in [3.8, 4) is 5.75 Å². The Morgan fingerprint density at radius 1 is 1.12 bits per heavy atom. The quantitative estimate of drug-likeness (QED) is 0.518. The third-order valence-corrected chi connectivity index (χ3v) is 4.66. The molecule has 0 spiro atoms. The SMILES string of the molecule is C/C(=N/NC(=O)c1csc2ccccc12)c1ccccc1OCC(N)=O. The second kappa shape index (κ2) is 7.79. The van der Waals surface area contributed by atoms with Crippen LogP contribution in [0.15, 0.2) is 59.0 Å². The van der Waals surface area contributed by atoms with Gasteiger partial charge in [-0.2, -0.15) is 5.10 Å². The number of hydrogen-bond donors (Lipinski definition) is 2. The smallest absolute Gasteiger partial charge is 0.272 e. The fourth-order valence-electron chi connectivity index (χ4n) is 2.45. The molecule has 0 aliphatic rings. The van der Waals surface area contributed by atoms with Gasteiger partial charge in [0.2, 0.25) is 0 Å². The molecule has 3 N–H and O–H groups in total. The second-order valence-corrected chi connectivity index (χ2v) is 6.45. The predicted molar refractivity (Wildman–Crippen MR) is 103 cm³/mol. The van der Waals surface area contributed by atoms with Gasteiger partial charge < -0.3 is 10.5 Å². The van der Waals surface area contributed by atoms with Gasteiger partial charge in [0.15, 0.2) is 6.61 Å². The molecular formula is C19H17N3O3S. The molecule has 3 rings (SSSR count). The normalized spacial score (nSPS) is 11.3. The summed E-state index contributed by atoms with van der Waals surface area (Å²) >= 11 is 1.51. The Bertz CT molecular complexity index is 994. The number of primary amides is 1. The maximum Gasteiger partial charge on any atom is 0.272 e. The summed E-state index contributed by atoms with van der Waals surface area (Å²) in [4.78, 5) is 23.4. The van der Waals surface area contributed by atoms with E-state index >= 15 is 0 Å². The van der Waals surface area contributed by atoms with Crippen LogP contribution < -0.4 is 15.9 Å². The van der Waals surface area contributed by atoms with Gasteiger partial charge in [-0.15, -0.1) is 11.3 Å². The van der Waals surface area contributed by atoms with Crippen molar-refractivity contribution >= 4 is 38.9 Å². The summed E-state index contributed by atoms with van der Waals surface area (Å²) in [6, 6.07) is 14.8. The van der Waals surface area contributed by atoms with Crippen LogP contribution in [-0.4, -0.2) is 24.1 Å². The van der Waals surface area contributed by atoms with Gasteiger partial charge in [0.05, 0.1) is 11.3 Å². The van der Waals surface area contributed by atoms with E-state index in [-0.39, 0.29) is 12.5 Å². The number of ether oxygens (including phenoxy) is 1. The van der Waals surface area contributed by atoms with Gasteiger partial charge in [0.1, 0.15) is 5.75 Å². The van der Waals surface area contributed by atoms with E-state index in [2.05, 4.69) is 10.5 Å². The second-order valence-electron chi connectivity index (χ2n) is 5.53. The van der Waals surface area contributed by atoms with Gasteiger partial charge in [-0.3, -0.25) is 9.59 Å². The molecule has 7 heteroatoms. The number of amides is 2. The molecular weight excluding hydrogens is 350 g/mol.